The molecule has 1 saturated heterocycles. The third-order valence-electron chi connectivity index (χ3n) is 4.92. The lowest BCUT2D eigenvalue weighted by Crippen LogP contribution is -2.49. The zero-order valence-corrected chi connectivity index (χ0v) is 15.3. The lowest BCUT2D eigenvalue weighted by Gasteiger charge is -2.37. The van der Waals surface area contributed by atoms with E-state index in [9.17, 15) is 26.4 Å². The van der Waals surface area contributed by atoms with Gasteiger partial charge in [0.25, 0.3) is 0 Å². The Kier molecular flexibility index (Phi) is 5.51. The highest BCUT2D eigenvalue weighted by atomic mass is 32.2. The number of piperidine rings is 1. The molecule has 6 nitrogen and oxygen atoms in total. The molecule has 2 fully saturated rings. The van der Waals surface area contributed by atoms with Gasteiger partial charge in [-0.2, -0.15) is 17.5 Å². The number of aliphatic carboxylic acids is 1. The molecule has 1 saturated carbocycles. The summed E-state index contributed by atoms with van der Waals surface area (Å²) in [7, 11) is -4.06. The van der Waals surface area contributed by atoms with Gasteiger partial charge in [-0.1, -0.05) is 6.07 Å². The van der Waals surface area contributed by atoms with Gasteiger partial charge in [0, 0.05) is 25.2 Å². The molecule has 27 heavy (non-hydrogen) atoms. The van der Waals surface area contributed by atoms with Gasteiger partial charge >= 0.3 is 12.1 Å². The smallest absolute Gasteiger partial charge is 0.416 e. The molecule has 150 valence electrons. The summed E-state index contributed by atoms with van der Waals surface area (Å²) < 4.78 is 66.5. The largest absolute Gasteiger partial charge is 0.480 e. The summed E-state index contributed by atoms with van der Waals surface area (Å²) in [6.07, 6.45) is -2.32. The van der Waals surface area contributed by atoms with Crippen LogP contribution in [0.25, 0.3) is 0 Å². The molecule has 0 spiro atoms. The number of alkyl halides is 3. The first-order valence-electron chi connectivity index (χ1n) is 8.74. The normalized spacial score (nSPS) is 20.1. The monoisotopic (exact) mass is 406 g/mol. The third kappa shape index (κ3) is 4.61. The molecular formula is C17H21F3N2O4S. The molecule has 0 aromatic heterocycles. The SMILES string of the molecule is O=C(O)CN1CCC(N(C2CC2)S(=O)(=O)c2cccc(C(F)(F)F)c2)CC1. The molecule has 1 heterocycles. The van der Waals surface area contributed by atoms with E-state index in [1.54, 1.807) is 4.90 Å². The van der Waals surface area contributed by atoms with Crippen LogP contribution < -0.4 is 0 Å². The highest BCUT2D eigenvalue weighted by molar-refractivity contribution is 7.89. The van der Waals surface area contributed by atoms with Gasteiger partial charge in [0.1, 0.15) is 0 Å². The van der Waals surface area contributed by atoms with Crippen LogP contribution in [0.2, 0.25) is 0 Å². The number of likely N-dealkylation sites (tertiary alicyclic amines) is 1. The molecule has 0 amide bonds. The van der Waals surface area contributed by atoms with Crippen LogP contribution >= 0.6 is 0 Å². The van der Waals surface area contributed by atoms with Gasteiger partial charge in [0.2, 0.25) is 10.0 Å². The Morgan fingerprint density at radius 2 is 1.74 bits per heavy atom. The fraction of sp³-hybridized carbons (Fsp3) is 0.588. The second kappa shape index (κ2) is 7.40. The van der Waals surface area contributed by atoms with Gasteiger partial charge in [-0.15, -0.1) is 0 Å². The highest BCUT2D eigenvalue weighted by Crippen LogP contribution is 2.38. The van der Waals surface area contributed by atoms with Crippen molar-refractivity contribution in [2.24, 2.45) is 0 Å². The van der Waals surface area contributed by atoms with Gasteiger partial charge < -0.3 is 5.11 Å². The number of hydrogen-bond acceptors (Lipinski definition) is 4. The van der Waals surface area contributed by atoms with Gasteiger partial charge in [0.05, 0.1) is 17.0 Å². The van der Waals surface area contributed by atoms with Crippen molar-refractivity contribution in [2.75, 3.05) is 19.6 Å². The maximum absolute atomic E-state index is 13.1. The van der Waals surface area contributed by atoms with E-state index in [0.717, 1.165) is 12.1 Å². The molecule has 1 aromatic carbocycles. The van der Waals surface area contributed by atoms with Gasteiger partial charge in [-0.05, 0) is 43.9 Å². The van der Waals surface area contributed by atoms with Crippen molar-refractivity contribution < 1.29 is 31.5 Å². The number of carbonyl (C=O) groups is 1. The summed E-state index contributed by atoms with van der Waals surface area (Å²) >= 11 is 0. The van der Waals surface area contributed by atoms with Crippen molar-refractivity contribution in [1.82, 2.24) is 9.21 Å². The molecular weight excluding hydrogens is 385 g/mol. The maximum atomic E-state index is 13.1. The molecule has 10 heteroatoms. The fourth-order valence-electron chi connectivity index (χ4n) is 3.50. The Morgan fingerprint density at radius 3 is 2.26 bits per heavy atom. The molecule has 1 N–H and O–H groups in total. The summed E-state index contributed by atoms with van der Waals surface area (Å²) in [5, 5.41) is 8.87. The van der Waals surface area contributed by atoms with Crippen molar-refractivity contribution in [1.29, 1.82) is 0 Å². The van der Waals surface area contributed by atoms with Crippen molar-refractivity contribution in [2.45, 2.75) is 48.8 Å². The number of carboxylic acid groups (broad SMARTS) is 1. The molecule has 1 aromatic rings. The van der Waals surface area contributed by atoms with Crippen molar-refractivity contribution in [3.05, 3.63) is 29.8 Å². The first-order valence-corrected chi connectivity index (χ1v) is 10.2. The lowest BCUT2D eigenvalue weighted by molar-refractivity contribution is -0.139. The van der Waals surface area contributed by atoms with Crippen LogP contribution in [0.5, 0.6) is 0 Å². The highest BCUT2D eigenvalue weighted by Gasteiger charge is 2.44. The van der Waals surface area contributed by atoms with Crippen LogP contribution in [-0.4, -0.2) is 60.4 Å². The Morgan fingerprint density at radius 1 is 1.15 bits per heavy atom. The standard InChI is InChI=1S/C17H21F3N2O4S/c18-17(19,20)12-2-1-3-15(10-12)27(25,26)22(13-4-5-13)14-6-8-21(9-7-14)11-16(23)24/h1-3,10,13-14H,4-9,11H2,(H,23,24). The molecule has 0 atom stereocenters. The van der Waals surface area contributed by atoms with Crippen LogP contribution in [0.3, 0.4) is 0 Å². The number of rotatable bonds is 6. The summed E-state index contributed by atoms with van der Waals surface area (Å²) in [6.45, 7) is 0.785. The van der Waals surface area contributed by atoms with E-state index in [4.69, 9.17) is 5.11 Å². The minimum absolute atomic E-state index is 0.101. The summed E-state index contributed by atoms with van der Waals surface area (Å²) in [6, 6.07) is 3.31. The van der Waals surface area contributed by atoms with Gasteiger partial charge in [-0.25, -0.2) is 8.42 Å². The molecule has 1 aliphatic heterocycles. The molecule has 0 unspecified atom stereocenters. The van der Waals surface area contributed by atoms with Crippen molar-refractivity contribution >= 4 is 16.0 Å². The molecule has 1 aliphatic carbocycles. The minimum atomic E-state index is -4.61. The third-order valence-corrected chi connectivity index (χ3v) is 6.92. The summed E-state index contributed by atoms with van der Waals surface area (Å²) in [4.78, 5) is 12.2. The van der Waals surface area contributed by atoms with Crippen LogP contribution in [0.15, 0.2) is 29.2 Å². The number of halogens is 3. The lowest BCUT2D eigenvalue weighted by atomic mass is 10.1. The van der Waals surface area contributed by atoms with Gasteiger partial charge in [-0.3, -0.25) is 9.69 Å². The predicted octanol–water partition coefficient (Wildman–Crippen LogP) is 2.41. The number of nitrogens with zero attached hydrogens (tertiary/aromatic N) is 2. The van der Waals surface area contributed by atoms with E-state index in [-0.39, 0.29) is 23.5 Å². The predicted molar refractivity (Wildman–Crippen MR) is 90.6 cm³/mol. The van der Waals surface area contributed by atoms with E-state index >= 15 is 0 Å². The van der Waals surface area contributed by atoms with E-state index in [2.05, 4.69) is 0 Å². The van der Waals surface area contributed by atoms with Crippen molar-refractivity contribution in [3.63, 3.8) is 0 Å². The zero-order chi connectivity index (χ0) is 19.8. The van der Waals surface area contributed by atoms with E-state index in [1.165, 1.54) is 10.4 Å². The van der Waals surface area contributed by atoms with Crippen LogP contribution in [0.4, 0.5) is 13.2 Å². The number of hydrogen-bond donors (Lipinski definition) is 1. The van der Waals surface area contributed by atoms with Crippen LogP contribution in [-0.2, 0) is 21.0 Å². The van der Waals surface area contributed by atoms with Crippen LogP contribution in [0.1, 0.15) is 31.2 Å². The minimum Gasteiger partial charge on any atom is -0.480 e. The van der Waals surface area contributed by atoms with E-state index in [0.29, 0.717) is 44.8 Å². The summed E-state index contributed by atoms with van der Waals surface area (Å²) in [5.41, 5.74) is -0.990. The number of carboxylic acids is 1. The number of benzene rings is 1. The maximum Gasteiger partial charge on any atom is 0.416 e. The first kappa shape index (κ1) is 20.1. The second-order valence-corrected chi connectivity index (χ2v) is 8.84. The van der Waals surface area contributed by atoms with Crippen molar-refractivity contribution in [3.8, 4) is 0 Å². The number of sulfonamides is 1. The topological polar surface area (TPSA) is 77.9 Å². The van der Waals surface area contributed by atoms with Crippen LogP contribution in [0, 0.1) is 0 Å². The molecule has 0 radical (unpaired) electrons. The Bertz CT molecular complexity index is 801. The molecule has 0 bridgehead atoms. The van der Waals surface area contributed by atoms with E-state index < -0.39 is 27.7 Å². The first-order chi connectivity index (χ1) is 12.6. The zero-order valence-electron chi connectivity index (χ0n) is 14.5. The Hall–Kier alpha value is -1.65. The molecule has 2 aliphatic rings. The second-order valence-electron chi connectivity index (χ2n) is 6.99. The average molecular weight is 406 g/mol. The van der Waals surface area contributed by atoms with Gasteiger partial charge in [0.15, 0.2) is 0 Å². The van der Waals surface area contributed by atoms with E-state index in [1.807, 2.05) is 0 Å². The molecule has 3 rings (SSSR count). The Balaban J connectivity index is 1.82. The fourth-order valence-corrected chi connectivity index (χ4v) is 5.47. The quantitative estimate of drug-likeness (QED) is 0.785. The average Bonchev–Trinajstić information content (AvgIpc) is 3.40. The Labute approximate surface area is 155 Å². The summed E-state index contributed by atoms with van der Waals surface area (Å²) in [5.74, 6) is -0.941.